The van der Waals surface area contributed by atoms with Gasteiger partial charge in [-0.25, -0.2) is 0 Å². The Bertz CT molecular complexity index is 382. The number of fused-ring (bicyclic) bond motifs is 5. The fourth-order valence-electron chi connectivity index (χ4n) is 6.80. The fraction of sp³-hybridized carbons (Fsp3) is 1.00. The summed E-state index contributed by atoms with van der Waals surface area (Å²) in [4.78, 5) is 0. The second-order valence-electron chi connectivity index (χ2n) is 8.54. The summed E-state index contributed by atoms with van der Waals surface area (Å²) in [6.07, 6.45) is 10.9. The van der Waals surface area contributed by atoms with Crippen LogP contribution < -0.4 is 0 Å². The van der Waals surface area contributed by atoms with Crippen LogP contribution in [0, 0.1) is 35.0 Å². The zero-order valence-electron chi connectivity index (χ0n) is 12.8. The standard InChI is InChI=1S/C18H30O2/c1-18-9-8-14-13-5-3-12(19)10-11(13)2-4-15(14)16(18)6-7-17(18)20/h11-17,19-20H,2-10H2,1H3/t11-,12-,13+,14-,15-,16+,17?,18+/m1/s1. The van der Waals surface area contributed by atoms with Crippen LogP contribution in [0.2, 0.25) is 0 Å². The summed E-state index contributed by atoms with van der Waals surface area (Å²) in [6, 6.07) is 0. The number of aliphatic hydroxyl groups excluding tert-OH is 2. The molecule has 0 aromatic heterocycles. The molecule has 1 unspecified atom stereocenters. The third kappa shape index (κ3) is 1.83. The lowest BCUT2D eigenvalue weighted by molar-refractivity contribution is -0.0913. The molecule has 2 N–H and O–H groups in total. The maximum atomic E-state index is 10.4. The van der Waals surface area contributed by atoms with Crippen molar-refractivity contribution in [1.82, 2.24) is 0 Å². The van der Waals surface area contributed by atoms with Crippen LogP contribution in [0.3, 0.4) is 0 Å². The van der Waals surface area contributed by atoms with Gasteiger partial charge in [0.1, 0.15) is 0 Å². The highest BCUT2D eigenvalue weighted by Crippen LogP contribution is 2.62. The summed E-state index contributed by atoms with van der Waals surface area (Å²) in [5.41, 5.74) is 0.224. The molecular weight excluding hydrogens is 248 g/mol. The van der Waals surface area contributed by atoms with Crippen LogP contribution in [0.4, 0.5) is 0 Å². The molecule has 0 spiro atoms. The molecule has 4 fully saturated rings. The monoisotopic (exact) mass is 278 g/mol. The van der Waals surface area contributed by atoms with E-state index in [4.69, 9.17) is 0 Å². The minimum Gasteiger partial charge on any atom is -0.393 e. The molecule has 0 aromatic rings. The Morgan fingerprint density at radius 2 is 1.60 bits per heavy atom. The second-order valence-corrected chi connectivity index (χ2v) is 8.54. The Kier molecular flexibility index (Phi) is 3.20. The van der Waals surface area contributed by atoms with Gasteiger partial charge in [0.05, 0.1) is 12.2 Å². The van der Waals surface area contributed by atoms with Gasteiger partial charge in [-0.2, -0.15) is 0 Å². The average molecular weight is 278 g/mol. The van der Waals surface area contributed by atoms with E-state index in [1.165, 1.54) is 38.5 Å². The van der Waals surface area contributed by atoms with Gasteiger partial charge in [-0.05, 0) is 92.8 Å². The second kappa shape index (κ2) is 4.71. The van der Waals surface area contributed by atoms with Crippen molar-refractivity contribution in [2.75, 3.05) is 0 Å². The van der Waals surface area contributed by atoms with Crippen molar-refractivity contribution in [1.29, 1.82) is 0 Å². The van der Waals surface area contributed by atoms with E-state index in [2.05, 4.69) is 6.92 Å². The van der Waals surface area contributed by atoms with Crippen molar-refractivity contribution >= 4 is 0 Å². The average Bonchev–Trinajstić information content (AvgIpc) is 2.74. The third-order valence-corrected chi connectivity index (χ3v) is 7.88. The summed E-state index contributed by atoms with van der Waals surface area (Å²) in [5.74, 6) is 4.26. The van der Waals surface area contributed by atoms with E-state index in [1.54, 1.807) is 0 Å². The van der Waals surface area contributed by atoms with Crippen LogP contribution in [-0.4, -0.2) is 22.4 Å². The van der Waals surface area contributed by atoms with E-state index in [0.717, 1.165) is 48.9 Å². The van der Waals surface area contributed by atoms with Crippen LogP contribution in [0.25, 0.3) is 0 Å². The van der Waals surface area contributed by atoms with Gasteiger partial charge < -0.3 is 10.2 Å². The van der Waals surface area contributed by atoms with E-state index in [-0.39, 0.29) is 17.6 Å². The maximum absolute atomic E-state index is 10.4. The molecule has 0 aliphatic heterocycles. The predicted octanol–water partition coefficient (Wildman–Crippen LogP) is 3.36. The first-order valence-electron chi connectivity index (χ1n) is 8.95. The summed E-state index contributed by atoms with van der Waals surface area (Å²) < 4.78 is 0. The lowest BCUT2D eigenvalue weighted by atomic mass is 9.50. The van der Waals surface area contributed by atoms with Crippen molar-refractivity contribution in [3.63, 3.8) is 0 Å². The molecule has 8 atom stereocenters. The van der Waals surface area contributed by atoms with Gasteiger partial charge in [-0.3, -0.25) is 0 Å². The Hall–Kier alpha value is -0.0800. The number of rotatable bonds is 0. The van der Waals surface area contributed by atoms with E-state index in [9.17, 15) is 10.2 Å². The SMILES string of the molecule is C[C@]12CC[C@H]3[C@@H](CC[C@@H]4C[C@H](O)CC[C@@H]43)[C@@H]1CCC2O. The topological polar surface area (TPSA) is 40.5 Å². The minimum absolute atomic E-state index is 0.0186. The third-order valence-electron chi connectivity index (χ3n) is 7.88. The first-order valence-corrected chi connectivity index (χ1v) is 8.95. The molecule has 0 amide bonds. The Morgan fingerprint density at radius 3 is 2.45 bits per heavy atom. The molecule has 0 radical (unpaired) electrons. The van der Waals surface area contributed by atoms with Crippen LogP contribution >= 0.6 is 0 Å². The van der Waals surface area contributed by atoms with Gasteiger partial charge in [0.15, 0.2) is 0 Å². The van der Waals surface area contributed by atoms with Gasteiger partial charge in [0.2, 0.25) is 0 Å². The maximum Gasteiger partial charge on any atom is 0.0596 e. The minimum atomic E-state index is -0.0423. The molecule has 0 heterocycles. The Morgan fingerprint density at radius 1 is 0.800 bits per heavy atom. The molecular formula is C18H30O2. The molecule has 0 aromatic carbocycles. The van der Waals surface area contributed by atoms with Gasteiger partial charge in [0, 0.05) is 0 Å². The Labute approximate surface area is 123 Å². The van der Waals surface area contributed by atoms with Crippen molar-refractivity contribution in [2.24, 2.45) is 35.0 Å². The quantitative estimate of drug-likeness (QED) is 0.713. The van der Waals surface area contributed by atoms with E-state index in [0.29, 0.717) is 0 Å². The van der Waals surface area contributed by atoms with Crippen molar-refractivity contribution in [2.45, 2.75) is 76.9 Å². The first kappa shape index (κ1) is 13.6. The highest BCUT2D eigenvalue weighted by molar-refractivity contribution is 5.06. The van der Waals surface area contributed by atoms with Gasteiger partial charge >= 0.3 is 0 Å². The first-order chi connectivity index (χ1) is 9.59. The largest absolute Gasteiger partial charge is 0.393 e. The van der Waals surface area contributed by atoms with Gasteiger partial charge in [0.25, 0.3) is 0 Å². The highest BCUT2D eigenvalue weighted by Gasteiger charge is 2.56. The highest BCUT2D eigenvalue weighted by atomic mass is 16.3. The predicted molar refractivity (Wildman–Crippen MR) is 79.1 cm³/mol. The van der Waals surface area contributed by atoms with Crippen LogP contribution in [-0.2, 0) is 0 Å². The van der Waals surface area contributed by atoms with Crippen molar-refractivity contribution in [3.8, 4) is 0 Å². The van der Waals surface area contributed by atoms with Gasteiger partial charge in [-0.1, -0.05) is 6.92 Å². The Balaban J connectivity index is 1.57. The summed E-state index contributed by atoms with van der Waals surface area (Å²) in [5, 5.41) is 20.3. The lowest BCUT2D eigenvalue weighted by Crippen LogP contribution is -2.49. The molecule has 0 saturated heterocycles. The fourth-order valence-corrected chi connectivity index (χ4v) is 6.80. The van der Waals surface area contributed by atoms with Gasteiger partial charge in [-0.15, -0.1) is 0 Å². The van der Waals surface area contributed by atoms with Crippen molar-refractivity contribution in [3.05, 3.63) is 0 Å². The molecule has 114 valence electrons. The molecule has 2 nitrogen and oxygen atoms in total. The summed E-state index contributed by atoms with van der Waals surface area (Å²) in [6.45, 7) is 2.36. The van der Waals surface area contributed by atoms with Crippen molar-refractivity contribution < 1.29 is 10.2 Å². The van der Waals surface area contributed by atoms with Crippen LogP contribution in [0.1, 0.15) is 64.7 Å². The zero-order chi connectivity index (χ0) is 13.9. The van der Waals surface area contributed by atoms with Crippen LogP contribution in [0.5, 0.6) is 0 Å². The van der Waals surface area contributed by atoms with Crippen LogP contribution in [0.15, 0.2) is 0 Å². The van der Waals surface area contributed by atoms with E-state index >= 15 is 0 Å². The molecule has 4 saturated carbocycles. The van der Waals surface area contributed by atoms with E-state index < -0.39 is 0 Å². The van der Waals surface area contributed by atoms with E-state index in [1.807, 2.05) is 0 Å². The number of aliphatic hydroxyl groups is 2. The summed E-state index contributed by atoms with van der Waals surface area (Å²) in [7, 11) is 0. The number of hydrogen-bond donors (Lipinski definition) is 2. The lowest BCUT2D eigenvalue weighted by Gasteiger charge is -2.55. The normalized spacial score (nSPS) is 58.6. The number of hydrogen-bond acceptors (Lipinski definition) is 2. The molecule has 4 aliphatic carbocycles. The molecule has 20 heavy (non-hydrogen) atoms. The molecule has 0 bridgehead atoms. The molecule has 4 rings (SSSR count). The zero-order valence-corrected chi connectivity index (χ0v) is 12.8. The molecule has 2 heteroatoms. The molecule has 4 aliphatic rings. The smallest absolute Gasteiger partial charge is 0.0596 e. The summed E-state index contributed by atoms with van der Waals surface area (Å²) >= 11 is 0.